The number of aliphatic hydroxyl groups is 7. The number of likely N-dealkylation sites (N-methyl/N-ethyl adjacent to an activating group) is 1. The molecule has 0 aromatic rings. The second-order valence-electron chi connectivity index (χ2n) is 5.31. The van der Waals surface area contributed by atoms with Crippen molar-refractivity contribution in [1.29, 1.82) is 0 Å². The highest BCUT2D eigenvalue weighted by molar-refractivity contribution is 5.05. The maximum absolute atomic E-state index is 10.2. The van der Waals surface area contributed by atoms with E-state index in [0.717, 1.165) is 0 Å². The van der Waals surface area contributed by atoms with Crippen molar-refractivity contribution in [2.75, 3.05) is 26.4 Å². The summed E-state index contributed by atoms with van der Waals surface area (Å²) in [5.41, 5.74) is -1.94. The summed E-state index contributed by atoms with van der Waals surface area (Å²) in [5, 5.41) is 67.5. The van der Waals surface area contributed by atoms with Crippen LogP contribution in [-0.4, -0.2) is 103 Å². The third-order valence-corrected chi connectivity index (χ3v) is 4.14. The lowest BCUT2D eigenvalue weighted by Gasteiger charge is -2.49. The van der Waals surface area contributed by atoms with Gasteiger partial charge < -0.3 is 35.7 Å². The van der Waals surface area contributed by atoms with Crippen molar-refractivity contribution < 1.29 is 35.7 Å². The number of hydrogen-bond acceptors (Lipinski definition) is 8. The van der Waals surface area contributed by atoms with Gasteiger partial charge >= 0.3 is 0 Å². The molecule has 20 heavy (non-hydrogen) atoms. The lowest BCUT2D eigenvalue weighted by Crippen LogP contribution is -2.68. The Kier molecular flexibility index (Phi) is 6.29. The Hall–Kier alpha value is -0.320. The van der Waals surface area contributed by atoms with Gasteiger partial charge in [-0.15, -0.1) is 0 Å². The first-order valence-electron chi connectivity index (χ1n) is 6.71. The van der Waals surface area contributed by atoms with Crippen molar-refractivity contribution in [2.45, 2.75) is 49.3 Å². The molecule has 0 aromatic heterocycles. The van der Waals surface area contributed by atoms with Gasteiger partial charge in [0.25, 0.3) is 0 Å². The molecule has 0 amide bonds. The van der Waals surface area contributed by atoms with Crippen LogP contribution in [0.25, 0.3) is 0 Å². The molecule has 0 bridgehead atoms. The minimum absolute atomic E-state index is 0.187. The van der Waals surface area contributed by atoms with E-state index in [-0.39, 0.29) is 19.6 Å². The molecule has 5 atom stereocenters. The number of aliphatic hydroxyl groups excluding tert-OH is 6. The molecule has 0 aliphatic heterocycles. The third kappa shape index (κ3) is 3.12. The highest BCUT2D eigenvalue weighted by atomic mass is 16.4. The fourth-order valence-electron chi connectivity index (χ4n) is 2.84. The predicted molar refractivity (Wildman–Crippen MR) is 68.8 cm³/mol. The molecule has 120 valence electrons. The number of rotatable bonds is 6. The second kappa shape index (κ2) is 7.10. The Morgan fingerprint density at radius 1 is 1.10 bits per heavy atom. The molecule has 0 aromatic carbocycles. The van der Waals surface area contributed by atoms with Gasteiger partial charge in [-0.25, -0.2) is 0 Å². The minimum atomic E-state index is -1.94. The molecule has 1 aliphatic carbocycles. The van der Waals surface area contributed by atoms with Crippen LogP contribution in [0.15, 0.2) is 0 Å². The molecule has 1 fully saturated rings. The summed E-state index contributed by atoms with van der Waals surface area (Å²) < 4.78 is 0. The average molecular weight is 295 g/mol. The molecular formula is C12H25NO7. The van der Waals surface area contributed by atoms with Gasteiger partial charge in [0.2, 0.25) is 0 Å². The Labute approximate surface area is 117 Å². The quantitative estimate of drug-likeness (QED) is 0.264. The van der Waals surface area contributed by atoms with Gasteiger partial charge in [0.05, 0.1) is 32.0 Å². The van der Waals surface area contributed by atoms with E-state index in [0.29, 0.717) is 6.54 Å². The van der Waals surface area contributed by atoms with Crippen LogP contribution < -0.4 is 0 Å². The summed E-state index contributed by atoms with van der Waals surface area (Å²) in [5.74, 6) is 0. The topological polar surface area (TPSA) is 145 Å². The van der Waals surface area contributed by atoms with Gasteiger partial charge in [0.15, 0.2) is 0 Å². The largest absolute Gasteiger partial charge is 0.395 e. The Morgan fingerprint density at radius 2 is 1.65 bits per heavy atom. The van der Waals surface area contributed by atoms with Crippen LogP contribution in [0.5, 0.6) is 0 Å². The van der Waals surface area contributed by atoms with Crippen molar-refractivity contribution in [3.05, 3.63) is 0 Å². The van der Waals surface area contributed by atoms with Gasteiger partial charge in [0, 0.05) is 6.04 Å². The van der Waals surface area contributed by atoms with Crippen LogP contribution in [0.4, 0.5) is 0 Å². The molecule has 0 radical (unpaired) electrons. The fraction of sp³-hybridized carbons (Fsp3) is 1.00. The zero-order chi connectivity index (χ0) is 15.5. The van der Waals surface area contributed by atoms with E-state index in [1.807, 2.05) is 0 Å². The molecule has 7 N–H and O–H groups in total. The molecule has 1 aliphatic rings. The van der Waals surface area contributed by atoms with Gasteiger partial charge in [-0.05, 0) is 13.0 Å². The Bertz CT molecular complexity index is 302. The minimum Gasteiger partial charge on any atom is -0.395 e. The highest BCUT2D eigenvalue weighted by Gasteiger charge is 2.53. The first-order chi connectivity index (χ1) is 9.36. The van der Waals surface area contributed by atoms with Crippen LogP contribution >= 0.6 is 0 Å². The predicted octanol–water partition coefficient (Wildman–Crippen LogP) is -3.76. The maximum Gasteiger partial charge on any atom is 0.118 e. The molecule has 1 saturated carbocycles. The molecular weight excluding hydrogens is 270 g/mol. The molecule has 8 nitrogen and oxygen atoms in total. The summed E-state index contributed by atoms with van der Waals surface area (Å²) in [6.07, 6.45) is -4.85. The summed E-state index contributed by atoms with van der Waals surface area (Å²) in [6, 6.07) is -1.47. The van der Waals surface area contributed by atoms with E-state index in [1.54, 1.807) is 11.8 Å². The van der Waals surface area contributed by atoms with Crippen molar-refractivity contribution in [2.24, 2.45) is 0 Å². The lowest BCUT2D eigenvalue weighted by molar-refractivity contribution is -0.222. The zero-order valence-electron chi connectivity index (χ0n) is 11.5. The summed E-state index contributed by atoms with van der Waals surface area (Å²) >= 11 is 0. The molecule has 0 unspecified atom stereocenters. The third-order valence-electron chi connectivity index (χ3n) is 4.14. The van der Waals surface area contributed by atoms with E-state index < -0.39 is 42.6 Å². The van der Waals surface area contributed by atoms with Gasteiger partial charge in [-0.3, -0.25) is 4.90 Å². The van der Waals surface area contributed by atoms with E-state index in [1.165, 1.54) is 0 Å². The molecule has 0 heterocycles. The summed E-state index contributed by atoms with van der Waals surface area (Å²) in [6.45, 7) is 0.598. The normalized spacial score (nSPS) is 38.7. The van der Waals surface area contributed by atoms with Crippen molar-refractivity contribution in [3.8, 4) is 0 Å². The Balaban J connectivity index is 3.02. The van der Waals surface area contributed by atoms with Crippen LogP contribution in [0.3, 0.4) is 0 Å². The van der Waals surface area contributed by atoms with Crippen LogP contribution in [0, 0.1) is 0 Å². The van der Waals surface area contributed by atoms with Gasteiger partial charge in [0.1, 0.15) is 17.8 Å². The first kappa shape index (κ1) is 17.7. The van der Waals surface area contributed by atoms with Crippen molar-refractivity contribution >= 4 is 0 Å². The van der Waals surface area contributed by atoms with Gasteiger partial charge in [-0.1, -0.05) is 6.92 Å². The van der Waals surface area contributed by atoms with E-state index in [9.17, 15) is 35.7 Å². The number of nitrogens with zero attached hydrogens (tertiary/aromatic N) is 1. The zero-order valence-corrected chi connectivity index (χ0v) is 11.5. The molecule has 0 spiro atoms. The monoisotopic (exact) mass is 295 g/mol. The maximum atomic E-state index is 10.2. The van der Waals surface area contributed by atoms with Crippen LogP contribution in [0.2, 0.25) is 0 Å². The van der Waals surface area contributed by atoms with Crippen LogP contribution in [0.1, 0.15) is 13.3 Å². The summed E-state index contributed by atoms with van der Waals surface area (Å²) in [4.78, 5) is 1.54. The molecule has 0 saturated heterocycles. The van der Waals surface area contributed by atoms with E-state index >= 15 is 0 Å². The second-order valence-corrected chi connectivity index (χ2v) is 5.31. The lowest BCUT2D eigenvalue weighted by atomic mass is 9.75. The number of hydrogen-bond donors (Lipinski definition) is 7. The van der Waals surface area contributed by atoms with Crippen molar-refractivity contribution in [1.82, 2.24) is 4.90 Å². The summed E-state index contributed by atoms with van der Waals surface area (Å²) in [7, 11) is 0. The fourth-order valence-corrected chi connectivity index (χ4v) is 2.84. The van der Waals surface area contributed by atoms with E-state index in [4.69, 9.17) is 0 Å². The SMILES string of the molecule is CCN(C(CO)CO)[C@@H]1C[C@@](O)(CO)[C@H](O)[C@@H](O)[C@@H]1O. The van der Waals surface area contributed by atoms with E-state index in [2.05, 4.69) is 0 Å². The Morgan fingerprint density at radius 3 is 2.05 bits per heavy atom. The van der Waals surface area contributed by atoms with Crippen molar-refractivity contribution in [3.63, 3.8) is 0 Å². The first-order valence-corrected chi connectivity index (χ1v) is 6.71. The standard InChI is InChI=1S/C12H25NO7/c1-2-13(7(4-14)5-15)8-3-12(20,6-16)11(19)10(18)9(8)17/h7-11,14-20H,2-6H2,1H3/t8-,9-,10+,11-,12-/m1/s1. The molecule has 1 rings (SSSR count). The molecule has 8 heteroatoms. The average Bonchev–Trinajstić information content (AvgIpc) is 2.46. The smallest absolute Gasteiger partial charge is 0.118 e. The van der Waals surface area contributed by atoms with Crippen LogP contribution in [-0.2, 0) is 0 Å². The highest BCUT2D eigenvalue weighted by Crippen LogP contribution is 2.32. The van der Waals surface area contributed by atoms with Gasteiger partial charge in [-0.2, -0.15) is 0 Å².